The summed E-state index contributed by atoms with van der Waals surface area (Å²) in [5.41, 5.74) is 4.35. The number of nitrogens with one attached hydrogen (secondary N) is 2. The zero-order valence-electron chi connectivity index (χ0n) is 15.7. The fraction of sp³-hybridized carbons (Fsp3) is 0.286. The number of ether oxygens (including phenoxy) is 3. The predicted molar refractivity (Wildman–Crippen MR) is 104 cm³/mol. The summed E-state index contributed by atoms with van der Waals surface area (Å²) in [6.07, 6.45) is 0.846. The van der Waals surface area contributed by atoms with Crippen LogP contribution < -0.4 is 19.8 Å². The SMILES string of the molecule is COc1c2c(cc3c1C(c1c(-c4ccccc4)[nH][nH]c1=O)N(C)CC3)OCO2. The summed E-state index contributed by atoms with van der Waals surface area (Å²) in [7, 11) is 3.65. The van der Waals surface area contributed by atoms with Gasteiger partial charge < -0.3 is 14.2 Å². The molecule has 0 spiro atoms. The van der Waals surface area contributed by atoms with Crippen molar-refractivity contribution in [2.45, 2.75) is 12.5 Å². The van der Waals surface area contributed by atoms with Gasteiger partial charge in [-0.1, -0.05) is 30.3 Å². The number of aromatic amines is 2. The lowest BCUT2D eigenvalue weighted by Crippen LogP contribution is -2.35. The van der Waals surface area contributed by atoms with Crippen LogP contribution in [0.2, 0.25) is 0 Å². The Morgan fingerprint density at radius 3 is 2.75 bits per heavy atom. The number of nitrogens with zero attached hydrogens (tertiary/aromatic N) is 1. The number of fused-ring (bicyclic) bond motifs is 2. The Bertz CT molecular complexity index is 1090. The first-order valence-electron chi connectivity index (χ1n) is 9.24. The third-order valence-corrected chi connectivity index (χ3v) is 5.55. The standard InChI is InChI=1S/C21H21N3O4/c1-24-9-8-13-10-14-19(28-11-27-14)20(26-2)15(13)18(24)16-17(22-23-21(16)25)12-6-4-3-5-7-12/h3-7,10,18H,8-9,11H2,1-2H3,(H2,22,23,25). The molecule has 1 unspecified atom stereocenters. The molecule has 28 heavy (non-hydrogen) atoms. The van der Waals surface area contributed by atoms with E-state index in [0.717, 1.165) is 35.3 Å². The summed E-state index contributed by atoms with van der Waals surface area (Å²) >= 11 is 0. The number of H-pyrrole nitrogens is 2. The van der Waals surface area contributed by atoms with Crippen LogP contribution in [-0.4, -0.2) is 42.6 Å². The topological polar surface area (TPSA) is 79.6 Å². The van der Waals surface area contributed by atoms with Gasteiger partial charge in [0.2, 0.25) is 12.5 Å². The lowest BCUT2D eigenvalue weighted by molar-refractivity contribution is 0.171. The maximum Gasteiger partial charge on any atom is 0.269 e. The lowest BCUT2D eigenvalue weighted by Gasteiger charge is -2.35. The molecule has 0 aliphatic carbocycles. The molecule has 0 amide bonds. The zero-order chi connectivity index (χ0) is 19.3. The van der Waals surface area contributed by atoms with Crippen molar-refractivity contribution < 1.29 is 14.2 Å². The van der Waals surface area contributed by atoms with Gasteiger partial charge >= 0.3 is 0 Å². The van der Waals surface area contributed by atoms with E-state index in [1.807, 2.05) is 43.4 Å². The summed E-state index contributed by atoms with van der Waals surface area (Å²) in [6.45, 7) is 0.994. The first-order chi connectivity index (χ1) is 13.7. The van der Waals surface area contributed by atoms with Crippen molar-refractivity contribution in [3.05, 3.63) is 63.4 Å². The largest absolute Gasteiger partial charge is 0.492 e. The number of methoxy groups -OCH3 is 1. The minimum atomic E-state index is -0.265. The number of rotatable bonds is 3. The highest BCUT2D eigenvalue weighted by Gasteiger charge is 2.37. The number of aromatic nitrogens is 2. The van der Waals surface area contributed by atoms with E-state index in [2.05, 4.69) is 15.1 Å². The van der Waals surface area contributed by atoms with Crippen LogP contribution in [0.5, 0.6) is 17.2 Å². The molecule has 144 valence electrons. The Balaban J connectivity index is 1.76. The monoisotopic (exact) mass is 379 g/mol. The maximum absolute atomic E-state index is 12.9. The predicted octanol–water partition coefficient (Wildman–Crippen LogP) is 2.68. The highest BCUT2D eigenvalue weighted by molar-refractivity contribution is 5.68. The molecule has 3 heterocycles. The van der Waals surface area contributed by atoms with Crippen molar-refractivity contribution in [3.8, 4) is 28.5 Å². The number of likely N-dealkylation sites (N-methyl/N-ethyl adjacent to an activating group) is 1. The van der Waals surface area contributed by atoms with Gasteiger partial charge in [0.25, 0.3) is 5.56 Å². The molecular weight excluding hydrogens is 358 g/mol. The quantitative estimate of drug-likeness (QED) is 0.731. The smallest absolute Gasteiger partial charge is 0.269 e. The van der Waals surface area contributed by atoms with Crippen LogP contribution in [0.4, 0.5) is 0 Å². The van der Waals surface area contributed by atoms with Crippen LogP contribution in [0.25, 0.3) is 11.3 Å². The Morgan fingerprint density at radius 2 is 1.96 bits per heavy atom. The lowest BCUT2D eigenvalue weighted by atomic mass is 9.86. The van der Waals surface area contributed by atoms with Crippen LogP contribution in [0.15, 0.2) is 41.2 Å². The van der Waals surface area contributed by atoms with Gasteiger partial charge in [-0.15, -0.1) is 0 Å². The van der Waals surface area contributed by atoms with Crippen LogP contribution in [-0.2, 0) is 6.42 Å². The van der Waals surface area contributed by atoms with E-state index in [1.54, 1.807) is 7.11 Å². The number of hydrogen-bond donors (Lipinski definition) is 2. The van der Waals surface area contributed by atoms with Gasteiger partial charge in [0.05, 0.1) is 24.4 Å². The van der Waals surface area contributed by atoms with Crippen LogP contribution >= 0.6 is 0 Å². The molecule has 0 radical (unpaired) electrons. The summed E-state index contributed by atoms with van der Waals surface area (Å²) in [6, 6.07) is 11.6. The third kappa shape index (κ3) is 2.43. The number of benzene rings is 2. The van der Waals surface area contributed by atoms with Crippen molar-refractivity contribution >= 4 is 0 Å². The molecule has 0 fully saturated rings. The first-order valence-corrected chi connectivity index (χ1v) is 9.24. The molecule has 0 bridgehead atoms. The highest BCUT2D eigenvalue weighted by Crippen LogP contribution is 2.51. The van der Waals surface area contributed by atoms with E-state index in [4.69, 9.17) is 14.2 Å². The van der Waals surface area contributed by atoms with Crippen LogP contribution in [0.3, 0.4) is 0 Å². The second-order valence-electron chi connectivity index (χ2n) is 7.08. The Morgan fingerprint density at radius 1 is 1.14 bits per heavy atom. The van der Waals surface area contributed by atoms with Crippen LogP contribution in [0, 0.1) is 0 Å². The molecule has 2 aliphatic rings. The van der Waals surface area contributed by atoms with Gasteiger partial charge in [-0.3, -0.25) is 19.9 Å². The van der Waals surface area contributed by atoms with E-state index < -0.39 is 0 Å². The first kappa shape index (κ1) is 16.9. The molecule has 2 N–H and O–H groups in total. The molecule has 1 aromatic heterocycles. The second kappa shape index (κ2) is 6.45. The molecule has 2 aliphatic heterocycles. The second-order valence-corrected chi connectivity index (χ2v) is 7.08. The Hall–Kier alpha value is -3.19. The molecule has 3 aromatic rings. The summed E-state index contributed by atoms with van der Waals surface area (Å²) in [4.78, 5) is 15.1. The maximum atomic E-state index is 12.9. The highest BCUT2D eigenvalue weighted by atomic mass is 16.7. The molecule has 0 saturated carbocycles. The van der Waals surface area contributed by atoms with E-state index in [-0.39, 0.29) is 18.4 Å². The minimum Gasteiger partial charge on any atom is -0.492 e. The van der Waals surface area contributed by atoms with Crippen molar-refractivity contribution in [1.82, 2.24) is 15.1 Å². The molecule has 7 heteroatoms. The van der Waals surface area contributed by atoms with Gasteiger partial charge in [0.15, 0.2) is 11.5 Å². The van der Waals surface area contributed by atoms with Gasteiger partial charge in [-0.2, -0.15) is 0 Å². The molecule has 0 saturated heterocycles. The van der Waals surface area contributed by atoms with Crippen molar-refractivity contribution in [3.63, 3.8) is 0 Å². The molecular formula is C21H21N3O4. The summed E-state index contributed by atoms with van der Waals surface area (Å²) in [5, 5.41) is 5.84. The van der Waals surface area contributed by atoms with Gasteiger partial charge in [-0.05, 0) is 30.7 Å². The van der Waals surface area contributed by atoms with Gasteiger partial charge in [-0.25, -0.2) is 0 Å². The van der Waals surface area contributed by atoms with E-state index in [9.17, 15) is 4.79 Å². The molecule has 5 rings (SSSR count). The Kier molecular flexibility index (Phi) is 3.91. The average molecular weight is 379 g/mol. The number of hydrogen-bond acceptors (Lipinski definition) is 5. The zero-order valence-corrected chi connectivity index (χ0v) is 15.7. The molecule has 7 nitrogen and oxygen atoms in total. The fourth-order valence-electron chi connectivity index (χ4n) is 4.26. The van der Waals surface area contributed by atoms with Crippen molar-refractivity contribution in [2.24, 2.45) is 0 Å². The van der Waals surface area contributed by atoms with Crippen molar-refractivity contribution in [1.29, 1.82) is 0 Å². The Labute approximate surface area is 161 Å². The normalized spacial score (nSPS) is 18.1. The van der Waals surface area contributed by atoms with Crippen molar-refractivity contribution in [2.75, 3.05) is 27.5 Å². The molecule has 2 aromatic carbocycles. The third-order valence-electron chi connectivity index (χ3n) is 5.55. The van der Waals surface area contributed by atoms with Crippen LogP contribution in [0.1, 0.15) is 22.7 Å². The summed E-state index contributed by atoms with van der Waals surface area (Å²) in [5.74, 6) is 1.95. The minimum absolute atomic E-state index is 0.136. The summed E-state index contributed by atoms with van der Waals surface area (Å²) < 4.78 is 17.0. The van der Waals surface area contributed by atoms with E-state index in [0.29, 0.717) is 22.8 Å². The fourth-order valence-corrected chi connectivity index (χ4v) is 4.26. The van der Waals surface area contributed by atoms with Gasteiger partial charge in [0, 0.05) is 12.1 Å². The van der Waals surface area contributed by atoms with E-state index in [1.165, 1.54) is 0 Å². The average Bonchev–Trinajstić information content (AvgIpc) is 3.33. The van der Waals surface area contributed by atoms with E-state index >= 15 is 0 Å². The molecule has 1 atom stereocenters. The van der Waals surface area contributed by atoms with Gasteiger partial charge in [0.1, 0.15) is 0 Å².